The fraction of sp³-hybridized carbons (Fsp3) is 0.320. The second-order valence-electron chi connectivity index (χ2n) is 9.03. The van der Waals surface area contributed by atoms with Crippen molar-refractivity contribution in [2.45, 2.75) is 44.7 Å². The number of H-pyrrole nitrogens is 1. The number of nitrogens with one attached hydrogen (secondary N) is 2. The molecule has 0 bridgehead atoms. The number of aromatic amines is 1. The van der Waals surface area contributed by atoms with Crippen molar-refractivity contribution in [1.29, 1.82) is 0 Å². The number of amides is 1. The van der Waals surface area contributed by atoms with Crippen LogP contribution in [0.15, 0.2) is 41.5 Å². The molecule has 2 saturated carbocycles. The van der Waals surface area contributed by atoms with E-state index in [-0.39, 0.29) is 28.9 Å². The molecule has 34 heavy (non-hydrogen) atoms. The van der Waals surface area contributed by atoms with Crippen molar-refractivity contribution in [2.75, 3.05) is 5.73 Å². The Morgan fingerprint density at radius 3 is 2.88 bits per heavy atom. The SMILES string of the molecule is CC(NC(=O)c1c(N)[nH][n+]2cccnc12)c1nc2cccc(C#CC3CC3)c2c(=O)n1C1CC1. The summed E-state index contributed by atoms with van der Waals surface area (Å²) in [5.74, 6) is 7.25. The largest absolute Gasteiger partial charge is 0.382 e. The van der Waals surface area contributed by atoms with Crippen LogP contribution in [0.3, 0.4) is 0 Å². The van der Waals surface area contributed by atoms with E-state index in [0.29, 0.717) is 33.9 Å². The molecular weight excluding hydrogens is 430 g/mol. The monoisotopic (exact) mass is 454 g/mol. The average molecular weight is 455 g/mol. The zero-order chi connectivity index (χ0) is 23.4. The van der Waals surface area contributed by atoms with Gasteiger partial charge in [-0.15, -0.1) is 4.52 Å². The van der Waals surface area contributed by atoms with E-state index in [0.717, 1.165) is 25.7 Å². The predicted octanol–water partition coefficient (Wildman–Crippen LogP) is 2.03. The van der Waals surface area contributed by atoms with Crippen molar-refractivity contribution < 1.29 is 9.31 Å². The van der Waals surface area contributed by atoms with Crippen LogP contribution in [0, 0.1) is 17.8 Å². The van der Waals surface area contributed by atoms with Crippen LogP contribution in [0.1, 0.15) is 66.4 Å². The molecule has 1 unspecified atom stereocenters. The summed E-state index contributed by atoms with van der Waals surface area (Å²) in [6, 6.07) is 6.88. The van der Waals surface area contributed by atoms with Crippen LogP contribution in [-0.4, -0.2) is 25.5 Å². The van der Waals surface area contributed by atoms with E-state index >= 15 is 0 Å². The van der Waals surface area contributed by atoms with E-state index < -0.39 is 6.04 Å². The molecule has 0 saturated heterocycles. The molecule has 3 aromatic heterocycles. The topological polar surface area (TPSA) is 123 Å². The number of nitrogen functional groups attached to an aromatic ring is 1. The Morgan fingerprint density at radius 1 is 1.29 bits per heavy atom. The van der Waals surface area contributed by atoms with Crippen LogP contribution in [0.2, 0.25) is 0 Å². The van der Waals surface area contributed by atoms with Gasteiger partial charge in [-0.25, -0.2) is 10.1 Å². The van der Waals surface area contributed by atoms with Gasteiger partial charge in [0.2, 0.25) is 0 Å². The van der Waals surface area contributed by atoms with Crippen molar-refractivity contribution in [3.8, 4) is 11.8 Å². The second kappa shape index (κ2) is 7.70. The Labute approximate surface area is 195 Å². The average Bonchev–Trinajstić information content (AvgIpc) is 3.74. The molecule has 3 heterocycles. The lowest BCUT2D eigenvalue weighted by molar-refractivity contribution is -0.577. The number of hydrogen-bond donors (Lipinski definition) is 3. The maximum Gasteiger partial charge on any atom is 0.362 e. The molecule has 1 amide bonds. The van der Waals surface area contributed by atoms with Gasteiger partial charge in [-0.05, 0) is 49.7 Å². The van der Waals surface area contributed by atoms with E-state index in [1.807, 2.05) is 25.1 Å². The molecule has 0 aliphatic heterocycles. The first-order chi connectivity index (χ1) is 16.5. The standard InChI is InChI=1S/C25H23N7O2/c1-14(28-24(33)20-21(26)30-31-13-3-12-27-23(20)31)22-29-18-5-2-4-16(9-8-15-6-7-15)19(18)25(34)32(22)17-10-11-17/h2-5,12-15,17H,6-7,10-11H2,1H3,(H3,26,28,30,33)/p+1. The molecule has 2 aliphatic rings. The number of fused-ring (bicyclic) bond motifs is 2. The fourth-order valence-electron chi connectivity index (χ4n) is 4.27. The lowest BCUT2D eigenvalue weighted by atomic mass is 10.1. The van der Waals surface area contributed by atoms with E-state index in [4.69, 9.17) is 10.7 Å². The molecule has 4 aromatic rings. The molecule has 4 N–H and O–H groups in total. The van der Waals surface area contributed by atoms with Crippen LogP contribution in [0.25, 0.3) is 16.6 Å². The summed E-state index contributed by atoms with van der Waals surface area (Å²) in [4.78, 5) is 35.9. The van der Waals surface area contributed by atoms with Crippen molar-refractivity contribution in [3.63, 3.8) is 0 Å². The zero-order valence-corrected chi connectivity index (χ0v) is 18.7. The number of nitrogens with two attached hydrogens (primary N) is 1. The molecule has 9 nitrogen and oxygen atoms in total. The number of carbonyl (C=O) groups excluding carboxylic acids is 1. The molecule has 1 aromatic carbocycles. The van der Waals surface area contributed by atoms with Gasteiger partial charge < -0.3 is 11.1 Å². The van der Waals surface area contributed by atoms with E-state index in [1.165, 1.54) is 0 Å². The van der Waals surface area contributed by atoms with Crippen LogP contribution in [-0.2, 0) is 0 Å². The van der Waals surface area contributed by atoms with Gasteiger partial charge in [-0.2, -0.15) is 0 Å². The highest BCUT2D eigenvalue weighted by Gasteiger charge is 2.32. The summed E-state index contributed by atoms with van der Waals surface area (Å²) in [7, 11) is 0. The Bertz CT molecular complexity index is 1580. The molecule has 0 radical (unpaired) electrons. The highest BCUT2D eigenvalue weighted by atomic mass is 16.2. The molecule has 0 spiro atoms. The fourth-order valence-corrected chi connectivity index (χ4v) is 4.27. The van der Waals surface area contributed by atoms with Gasteiger partial charge in [-0.1, -0.05) is 17.9 Å². The van der Waals surface area contributed by atoms with E-state index in [1.54, 1.807) is 27.5 Å². The first kappa shape index (κ1) is 20.4. The van der Waals surface area contributed by atoms with E-state index in [2.05, 4.69) is 27.2 Å². The molecule has 2 fully saturated rings. The minimum atomic E-state index is -0.524. The van der Waals surface area contributed by atoms with Gasteiger partial charge in [0.1, 0.15) is 18.2 Å². The van der Waals surface area contributed by atoms with Crippen LogP contribution in [0.4, 0.5) is 5.82 Å². The Balaban J connectivity index is 1.41. The third kappa shape index (κ3) is 3.48. The number of carbonyl (C=O) groups is 1. The summed E-state index contributed by atoms with van der Waals surface area (Å²) in [6.07, 6.45) is 7.40. The summed E-state index contributed by atoms with van der Waals surface area (Å²) in [5, 5.41) is 6.43. The molecular formula is C25H24N7O2+. The van der Waals surface area contributed by atoms with Crippen molar-refractivity contribution >= 4 is 28.3 Å². The Kier molecular flexibility index (Phi) is 4.62. The van der Waals surface area contributed by atoms with Crippen LogP contribution < -0.4 is 21.1 Å². The lowest BCUT2D eigenvalue weighted by Gasteiger charge is -2.19. The highest BCUT2D eigenvalue weighted by molar-refractivity contribution is 6.03. The van der Waals surface area contributed by atoms with Gasteiger partial charge in [0, 0.05) is 23.6 Å². The Hall–Kier alpha value is -4.19. The quantitative estimate of drug-likeness (QED) is 0.322. The van der Waals surface area contributed by atoms with E-state index in [9.17, 15) is 9.59 Å². The maximum absolute atomic E-state index is 13.7. The first-order valence-corrected chi connectivity index (χ1v) is 11.5. The lowest BCUT2D eigenvalue weighted by Crippen LogP contribution is -2.34. The van der Waals surface area contributed by atoms with Gasteiger partial charge >= 0.3 is 5.65 Å². The van der Waals surface area contributed by atoms with Gasteiger partial charge in [0.25, 0.3) is 11.5 Å². The highest BCUT2D eigenvalue weighted by Crippen LogP contribution is 2.36. The third-order valence-electron chi connectivity index (χ3n) is 6.30. The van der Waals surface area contributed by atoms with Gasteiger partial charge in [0.05, 0.1) is 16.9 Å². The number of benzene rings is 1. The first-order valence-electron chi connectivity index (χ1n) is 11.5. The number of aromatic nitrogens is 5. The van der Waals surface area contributed by atoms with Crippen molar-refractivity contribution in [1.82, 2.24) is 25.0 Å². The van der Waals surface area contributed by atoms with Crippen molar-refractivity contribution in [2.24, 2.45) is 5.92 Å². The molecule has 170 valence electrons. The van der Waals surface area contributed by atoms with Crippen LogP contribution in [0.5, 0.6) is 0 Å². The summed E-state index contributed by atoms with van der Waals surface area (Å²) < 4.78 is 3.33. The number of anilines is 1. The smallest absolute Gasteiger partial charge is 0.362 e. The van der Waals surface area contributed by atoms with Gasteiger partial charge in [0.15, 0.2) is 11.4 Å². The summed E-state index contributed by atoms with van der Waals surface area (Å²) in [6.45, 7) is 1.83. The predicted molar refractivity (Wildman–Crippen MR) is 126 cm³/mol. The molecule has 6 rings (SSSR count). The minimum absolute atomic E-state index is 0.0820. The molecule has 9 heteroatoms. The minimum Gasteiger partial charge on any atom is -0.382 e. The normalized spacial score (nSPS) is 16.3. The van der Waals surface area contributed by atoms with Gasteiger partial charge in [-0.3, -0.25) is 14.2 Å². The number of nitrogens with zero attached hydrogens (tertiary/aromatic N) is 4. The number of rotatable bonds is 4. The summed E-state index contributed by atoms with van der Waals surface area (Å²) in [5.41, 5.74) is 7.95. The number of hydrogen-bond acceptors (Lipinski definition) is 5. The Morgan fingerprint density at radius 2 is 2.12 bits per heavy atom. The third-order valence-corrected chi connectivity index (χ3v) is 6.30. The van der Waals surface area contributed by atoms with Crippen molar-refractivity contribution in [3.05, 3.63) is 64.0 Å². The summed E-state index contributed by atoms with van der Waals surface area (Å²) >= 11 is 0. The molecule has 2 aliphatic carbocycles. The zero-order valence-electron chi connectivity index (χ0n) is 18.7. The van der Waals surface area contributed by atoms with Crippen LogP contribution >= 0.6 is 0 Å². The molecule has 1 atom stereocenters. The second-order valence-corrected chi connectivity index (χ2v) is 9.03. The maximum atomic E-state index is 13.7.